The van der Waals surface area contributed by atoms with Crippen molar-refractivity contribution in [3.05, 3.63) is 71.5 Å². The van der Waals surface area contributed by atoms with E-state index in [4.69, 9.17) is 0 Å². The molecular formula is C19H23FN2O3S. The van der Waals surface area contributed by atoms with Crippen LogP contribution in [-0.4, -0.2) is 38.0 Å². The highest BCUT2D eigenvalue weighted by Gasteiger charge is 2.22. The van der Waals surface area contributed by atoms with Crippen LogP contribution in [0.3, 0.4) is 0 Å². The molecule has 0 radical (unpaired) electrons. The van der Waals surface area contributed by atoms with E-state index >= 15 is 0 Å². The molecular weight excluding hydrogens is 355 g/mol. The smallest absolute Gasteiger partial charge is 0.235 e. The Labute approximate surface area is 153 Å². The molecule has 1 amide bonds. The van der Waals surface area contributed by atoms with Crippen LogP contribution in [0.15, 0.2) is 54.6 Å². The van der Waals surface area contributed by atoms with Crippen molar-refractivity contribution in [1.29, 1.82) is 0 Å². The average molecular weight is 378 g/mol. The molecule has 0 saturated heterocycles. The van der Waals surface area contributed by atoms with E-state index in [0.29, 0.717) is 6.54 Å². The van der Waals surface area contributed by atoms with Gasteiger partial charge in [0.2, 0.25) is 15.9 Å². The number of carbonyl (C=O) groups is 1. The second-order valence-electron chi connectivity index (χ2n) is 6.24. The zero-order chi connectivity index (χ0) is 19.2. The number of rotatable bonds is 8. The molecule has 2 rings (SSSR count). The maximum Gasteiger partial charge on any atom is 0.235 e. The number of hydrogen-bond donors (Lipinski definition) is 1. The molecule has 0 aromatic heterocycles. The van der Waals surface area contributed by atoms with Gasteiger partial charge >= 0.3 is 0 Å². The number of nitrogens with zero attached hydrogens (tertiary/aromatic N) is 1. The van der Waals surface area contributed by atoms with Crippen LogP contribution in [0.2, 0.25) is 0 Å². The van der Waals surface area contributed by atoms with E-state index in [0.717, 1.165) is 16.1 Å². The van der Waals surface area contributed by atoms with Gasteiger partial charge in [-0.2, -0.15) is 4.31 Å². The number of amides is 1. The third-order valence-corrected chi connectivity index (χ3v) is 5.26. The van der Waals surface area contributed by atoms with Crippen LogP contribution >= 0.6 is 0 Å². The Bertz CT molecular complexity index is 841. The van der Waals surface area contributed by atoms with Crippen molar-refractivity contribution < 1.29 is 17.6 Å². The van der Waals surface area contributed by atoms with Gasteiger partial charge in [0.25, 0.3) is 0 Å². The second kappa shape index (κ2) is 8.91. The first-order valence-electron chi connectivity index (χ1n) is 8.27. The lowest BCUT2D eigenvalue weighted by Crippen LogP contribution is -2.40. The van der Waals surface area contributed by atoms with Crippen molar-refractivity contribution in [2.45, 2.75) is 19.4 Å². The molecule has 5 nitrogen and oxygen atoms in total. The highest BCUT2D eigenvalue weighted by molar-refractivity contribution is 7.88. The van der Waals surface area contributed by atoms with Crippen LogP contribution < -0.4 is 5.32 Å². The third kappa shape index (κ3) is 5.93. The Morgan fingerprint density at radius 1 is 1.12 bits per heavy atom. The van der Waals surface area contributed by atoms with Crippen LogP contribution in [0, 0.1) is 5.82 Å². The SMILES string of the molecule is C[C@@H](CNC(=O)CN(Cc1ccccc1F)S(C)(=O)=O)c1ccccc1. The molecule has 2 aromatic carbocycles. The summed E-state index contributed by atoms with van der Waals surface area (Å²) in [6.07, 6.45) is 1.01. The van der Waals surface area contributed by atoms with E-state index in [-0.39, 0.29) is 24.6 Å². The van der Waals surface area contributed by atoms with Crippen LogP contribution in [0.25, 0.3) is 0 Å². The lowest BCUT2D eigenvalue weighted by atomic mass is 10.0. The van der Waals surface area contributed by atoms with Crippen LogP contribution in [0.1, 0.15) is 24.0 Å². The Hall–Kier alpha value is -2.25. The molecule has 2 aromatic rings. The summed E-state index contributed by atoms with van der Waals surface area (Å²) in [7, 11) is -3.66. The summed E-state index contributed by atoms with van der Waals surface area (Å²) in [5, 5.41) is 2.75. The van der Waals surface area contributed by atoms with Gasteiger partial charge in [0, 0.05) is 18.7 Å². The minimum Gasteiger partial charge on any atom is -0.354 e. The number of halogens is 1. The molecule has 0 bridgehead atoms. The summed E-state index contributed by atoms with van der Waals surface area (Å²) in [6.45, 7) is 1.82. The van der Waals surface area contributed by atoms with Crippen LogP contribution in [0.5, 0.6) is 0 Å². The number of sulfonamides is 1. The quantitative estimate of drug-likeness (QED) is 0.768. The molecule has 0 aliphatic carbocycles. The van der Waals surface area contributed by atoms with Crippen molar-refractivity contribution >= 4 is 15.9 Å². The van der Waals surface area contributed by atoms with Crippen molar-refractivity contribution in [2.24, 2.45) is 0 Å². The molecule has 1 N–H and O–H groups in total. The zero-order valence-corrected chi connectivity index (χ0v) is 15.7. The Morgan fingerprint density at radius 3 is 2.35 bits per heavy atom. The topological polar surface area (TPSA) is 66.5 Å². The van der Waals surface area contributed by atoms with Gasteiger partial charge in [-0.3, -0.25) is 4.79 Å². The summed E-state index contributed by atoms with van der Waals surface area (Å²) in [5.74, 6) is -0.827. The van der Waals surface area contributed by atoms with Gasteiger partial charge in [0.15, 0.2) is 0 Å². The van der Waals surface area contributed by atoms with E-state index in [1.807, 2.05) is 37.3 Å². The normalized spacial score (nSPS) is 12.8. The van der Waals surface area contributed by atoms with E-state index in [1.54, 1.807) is 6.07 Å². The van der Waals surface area contributed by atoms with Gasteiger partial charge in [-0.05, 0) is 17.5 Å². The molecule has 0 aliphatic rings. The molecule has 26 heavy (non-hydrogen) atoms. The highest BCUT2D eigenvalue weighted by Crippen LogP contribution is 2.14. The van der Waals surface area contributed by atoms with Gasteiger partial charge in [-0.25, -0.2) is 12.8 Å². The summed E-state index contributed by atoms with van der Waals surface area (Å²) in [5.41, 5.74) is 1.31. The Kier molecular flexibility index (Phi) is 6.88. The zero-order valence-electron chi connectivity index (χ0n) is 14.9. The fourth-order valence-corrected chi connectivity index (χ4v) is 3.21. The number of benzene rings is 2. The predicted molar refractivity (Wildman–Crippen MR) is 99.5 cm³/mol. The molecule has 0 unspecified atom stereocenters. The van der Waals surface area contributed by atoms with Gasteiger partial charge in [-0.15, -0.1) is 0 Å². The second-order valence-corrected chi connectivity index (χ2v) is 8.22. The van der Waals surface area contributed by atoms with E-state index in [1.165, 1.54) is 18.2 Å². The first-order valence-corrected chi connectivity index (χ1v) is 10.1. The van der Waals surface area contributed by atoms with Crippen molar-refractivity contribution in [1.82, 2.24) is 9.62 Å². The largest absolute Gasteiger partial charge is 0.354 e. The Morgan fingerprint density at radius 2 is 1.73 bits per heavy atom. The number of nitrogens with one attached hydrogen (secondary N) is 1. The maximum atomic E-state index is 13.8. The molecule has 140 valence electrons. The molecule has 0 aliphatic heterocycles. The predicted octanol–water partition coefficient (Wildman–Crippen LogP) is 2.51. The van der Waals surface area contributed by atoms with Gasteiger partial charge in [0.05, 0.1) is 12.8 Å². The van der Waals surface area contributed by atoms with Gasteiger partial charge in [0.1, 0.15) is 5.82 Å². The van der Waals surface area contributed by atoms with E-state index in [2.05, 4.69) is 5.32 Å². The fraction of sp³-hybridized carbons (Fsp3) is 0.316. The maximum absolute atomic E-state index is 13.8. The number of hydrogen-bond acceptors (Lipinski definition) is 3. The first-order chi connectivity index (χ1) is 12.3. The lowest BCUT2D eigenvalue weighted by molar-refractivity contribution is -0.121. The molecule has 0 fully saturated rings. The van der Waals surface area contributed by atoms with Crippen LogP contribution in [0.4, 0.5) is 4.39 Å². The molecule has 1 atom stereocenters. The van der Waals surface area contributed by atoms with Crippen molar-refractivity contribution in [3.8, 4) is 0 Å². The standard InChI is InChI=1S/C19H23FN2O3S/c1-15(16-8-4-3-5-9-16)12-21-19(23)14-22(26(2,24)25)13-17-10-6-7-11-18(17)20/h3-11,15H,12-14H2,1-2H3,(H,21,23)/t15-/m0/s1. The monoisotopic (exact) mass is 378 g/mol. The van der Waals surface area contributed by atoms with Gasteiger partial charge < -0.3 is 5.32 Å². The molecule has 0 spiro atoms. The lowest BCUT2D eigenvalue weighted by Gasteiger charge is -2.20. The number of carbonyl (C=O) groups excluding carboxylic acids is 1. The third-order valence-electron chi connectivity index (χ3n) is 4.07. The molecule has 0 saturated carbocycles. The highest BCUT2D eigenvalue weighted by atomic mass is 32.2. The minimum atomic E-state index is -3.66. The first kappa shape index (κ1) is 20.1. The van der Waals surface area contributed by atoms with Crippen LogP contribution in [-0.2, 0) is 21.4 Å². The summed E-state index contributed by atoms with van der Waals surface area (Å²) in [6, 6.07) is 15.6. The minimum absolute atomic E-state index is 0.0957. The summed E-state index contributed by atoms with van der Waals surface area (Å²) >= 11 is 0. The summed E-state index contributed by atoms with van der Waals surface area (Å²) < 4.78 is 38.7. The van der Waals surface area contributed by atoms with Gasteiger partial charge in [-0.1, -0.05) is 55.5 Å². The van der Waals surface area contributed by atoms with E-state index in [9.17, 15) is 17.6 Å². The Balaban J connectivity index is 1.98. The average Bonchev–Trinajstić information content (AvgIpc) is 2.61. The molecule has 0 heterocycles. The fourth-order valence-electron chi connectivity index (χ4n) is 2.49. The van der Waals surface area contributed by atoms with E-state index < -0.39 is 21.7 Å². The van der Waals surface area contributed by atoms with Crippen molar-refractivity contribution in [2.75, 3.05) is 19.3 Å². The van der Waals surface area contributed by atoms with Crippen molar-refractivity contribution in [3.63, 3.8) is 0 Å². The summed E-state index contributed by atoms with van der Waals surface area (Å²) in [4.78, 5) is 12.2. The molecule has 7 heteroatoms.